The van der Waals surface area contributed by atoms with Gasteiger partial charge in [-0.05, 0) is 31.5 Å². The van der Waals surface area contributed by atoms with Crippen molar-refractivity contribution in [3.8, 4) is 22.8 Å². The molecule has 2 heterocycles. The van der Waals surface area contributed by atoms with Crippen LogP contribution in [0.25, 0.3) is 11.3 Å². The van der Waals surface area contributed by atoms with E-state index in [9.17, 15) is 4.79 Å². The van der Waals surface area contributed by atoms with Crippen molar-refractivity contribution in [2.24, 2.45) is 5.73 Å². The van der Waals surface area contributed by atoms with Crippen molar-refractivity contribution in [2.75, 3.05) is 18.5 Å². The van der Waals surface area contributed by atoms with Crippen LogP contribution in [0.4, 0.5) is 5.13 Å². The minimum Gasteiger partial charge on any atom is -0.486 e. The van der Waals surface area contributed by atoms with Crippen LogP contribution in [0, 0.1) is 0 Å². The molecule has 0 radical (unpaired) electrons. The van der Waals surface area contributed by atoms with E-state index in [2.05, 4.69) is 10.3 Å². The Kier molecular flexibility index (Phi) is 6.26. The first-order chi connectivity index (χ1) is 11.5. The standard InChI is InChI=1S/C17H21N3O3S.ClH/c1-3-6-17(2,18)15(21)20-16-19-12(10-24-16)11-4-5-13-14(9-11)23-8-7-22-13;/h4-5,9-10H,3,6-8,18H2,1-2H3,(H,19,20,21);1H. The van der Waals surface area contributed by atoms with E-state index in [1.165, 1.54) is 11.3 Å². The predicted molar refractivity (Wildman–Crippen MR) is 102 cm³/mol. The van der Waals surface area contributed by atoms with Crippen LogP contribution in [0.3, 0.4) is 0 Å². The lowest BCUT2D eigenvalue weighted by atomic mass is 9.97. The summed E-state index contributed by atoms with van der Waals surface area (Å²) in [6.07, 6.45) is 1.47. The Labute approximate surface area is 157 Å². The molecule has 1 aromatic carbocycles. The number of amides is 1. The first-order valence-corrected chi connectivity index (χ1v) is 8.83. The van der Waals surface area contributed by atoms with Gasteiger partial charge in [-0.2, -0.15) is 0 Å². The molecule has 0 saturated heterocycles. The predicted octanol–water partition coefficient (Wildman–Crippen LogP) is 3.46. The summed E-state index contributed by atoms with van der Waals surface area (Å²) in [5.41, 5.74) is 6.85. The monoisotopic (exact) mass is 383 g/mol. The van der Waals surface area contributed by atoms with Crippen molar-refractivity contribution >= 4 is 34.8 Å². The highest BCUT2D eigenvalue weighted by Gasteiger charge is 2.28. The van der Waals surface area contributed by atoms with Gasteiger partial charge in [-0.25, -0.2) is 4.98 Å². The Morgan fingerprint density at radius 3 is 2.80 bits per heavy atom. The third-order valence-electron chi connectivity index (χ3n) is 3.85. The quantitative estimate of drug-likeness (QED) is 0.825. The highest BCUT2D eigenvalue weighted by molar-refractivity contribution is 7.14. The maximum Gasteiger partial charge on any atom is 0.245 e. The fraction of sp³-hybridized carbons (Fsp3) is 0.412. The van der Waals surface area contributed by atoms with Crippen molar-refractivity contribution < 1.29 is 14.3 Å². The number of nitrogens with one attached hydrogen (secondary N) is 1. The second-order valence-electron chi connectivity index (χ2n) is 6.02. The van der Waals surface area contributed by atoms with Crippen molar-refractivity contribution in [3.05, 3.63) is 23.6 Å². The lowest BCUT2D eigenvalue weighted by Gasteiger charge is -2.21. The lowest BCUT2D eigenvalue weighted by Crippen LogP contribution is -2.48. The topological polar surface area (TPSA) is 86.5 Å². The number of hydrogen-bond acceptors (Lipinski definition) is 6. The van der Waals surface area contributed by atoms with Gasteiger partial charge in [0.25, 0.3) is 0 Å². The number of thiazole rings is 1. The number of rotatable bonds is 5. The number of fused-ring (bicyclic) bond motifs is 1. The molecule has 0 fully saturated rings. The first-order valence-electron chi connectivity index (χ1n) is 7.95. The molecule has 1 aliphatic rings. The highest BCUT2D eigenvalue weighted by atomic mass is 35.5. The SMILES string of the molecule is CCCC(C)(N)C(=O)Nc1nc(-c2ccc3c(c2)OCCO3)cs1.Cl. The number of nitrogens with two attached hydrogens (primary N) is 1. The summed E-state index contributed by atoms with van der Waals surface area (Å²) in [4.78, 5) is 16.7. The van der Waals surface area contributed by atoms with Gasteiger partial charge in [-0.15, -0.1) is 23.7 Å². The second kappa shape index (κ2) is 8.03. The average molecular weight is 384 g/mol. The molecule has 8 heteroatoms. The van der Waals surface area contributed by atoms with Crippen LogP contribution in [0.15, 0.2) is 23.6 Å². The van der Waals surface area contributed by atoms with Gasteiger partial charge in [-0.3, -0.25) is 4.79 Å². The van der Waals surface area contributed by atoms with Gasteiger partial charge < -0.3 is 20.5 Å². The number of anilines is 1. The van der Waals surface area contributed by atoms with E-state index in [1.54, 1.807) is 6.92 Å². The third-order valence-corrected chi connectivity index (χ3v) is 4.61. The van der Waals surface area contributed by atoms with Crippen LogP contribution in [0.5, 0.6) is 11.5 Å². The lowest BCUT2D eigenvalue weighted by molar-refractivity contribution is -0.120. The van der Waals surface area contributed by atoms with Gasteiger partial charge in [0.2, 0.25) is 5.91 Å². The van der Waals surface area contributed by atoms with Gasteiger partial charge in [-0.1, -0.05) is 13.3 Å². The molecular formula is C17H22ClN3O3S. The molecule has 25 heavy (non-hydrogen) atoms. The van der Waals surface area contributed by atoms with E-state index < -0.39 is 5.54 Å². The maximum atomic E-state index is 12.3. The maximum absolute atomic E-state index is 12.3. The number of ether oxygens (including phenoxy) is 2. The molecule has 0 bridgehead atoms. The van der Waals surface area contributed by atoms with Crippen molar-refractivity contribution in [2.45, 2.75) is 32.2 Å². The second-order valence-corrected chi connectivity index (χ2v) is 6.88. The minimum absolute atomic E-state index is 0. The van der Waals surface area contributed by atoms with Gasteiger partial charge in [0.05, 0.1) is 11.2 Å². The van der Waals surface area contributed by atoms with Crippen LogP contribution < -0.4 is 20.5 Å². The van der Waals surface area contributed by atoms with E-state index in [-0.39, 0.29) is 18.3 Å². The molecule has 1 aliphatic heterocycles. The van der Waals surface area contributed by atoms with Crippen LogP contribution in [0.2, 0.25) is 0 Å². The number of carbonyl (C=O) groups is 1. The van der Waals surface area contributed by atoms with Crippen LogP contribution in [-0.2, 0) is 4.79 Å². The Balaban J connectivity index is 0.00000225. The zero-order chi connectivity index (χ0) is 17.2. The first kappa shape index (κ1) is 19.5. The van der Waals surface area contributed by atoms with Crippen molar-refractivity contribution in [1.29, 1.82) is 0 Å². The normalized spacial score (nSPS) is 15.0. The van der Waals surface area contributed by atoms with Crippen LogP contribution >= 0.6 is 23.7 Å². The number of halogens is 1. The molecule has 1 amide bonds. The summed E-state index contributed by atoms with van der Waals surface area (Å²) in [5.74, 6) is 1.24. The smallest absolute Gasteiger partial charge is 0.245 e. The molecule has 3 N–H and O–H groups in total. The number of aromatic nitrogens is 1. The molecule has 6 nitrogen and oxygen atoms in total. The van der Waals surface area contributed by atoms with Crippen LogP contribution in [0.1, 0.15) is 26.7 Å². The Hall–Kier alpha value is -1.83. The van der Waals surface area contributed by atoms with Crippen molar-refractivity contribution in [1.82, 2.24) is 4.98 Å². The summed E-state index contributed by atoms with van der Waals surface area (Å²) in [5, 5.41) is 5.24. The Morgan fingerprint density at radius 1 is 1.36 bits per heavy atom. The van der Waals surface area contributed by atoms with E-state index in [0.29, 0.717) is 24.8 Å². The number of carbonyl (C=O) groups excluding carboxylic acids is 1. The average Bonchev–Trinajstić information content (AvgIpc) is 3.03. The van der Waals surface area contributed by atoms with E-state index in [4.69, 9.17) is 15.2 Å². The van der Waals surface area contributed by atoms with Gasteiger partial charge in [0, 0.05) is 10.9 Å². The summed E-state index contributed by atoms with van der Waals surface area (Å²) in [6, 6.07) is 5.71. The zero-order valence-corrected chi connectivity index (χ0v) is 15.8. The molecule has 3 rings (SSSR count). The third kappa shape index (κ3) is 4.42. The van der Waals surface area contributed by atoms with E-state index in [1.807, 2.05) is 30.5 Å². The van der Waals surface area contributed by atoms with Crippen molar-refractivity contribution in [3.63, 3.8) is 0 Å². The fourth-order valence-corrected chi connectivity index (χ4v) is 3.25. The van der Waals surface area contributed by atoms with Gasteiger partial charge in [0.15, 0.2) is 16.6 Å². The number of nitrogens with zero attached hydrogens (tertiary/aromatic N) is 1. The summed E-state index contributed by atoms with van der Waals surface area (Å²) >= 11 is 1.37. The molecule has 0 spiro atoms. The molecule has 1 unspecified atom stereocenters. The van der Waals surface area contributed by atoms with Gasteiger partial charge in [0.1, 0.15) is 13.2 Å². The molecule has 0 aliphatic carbocycles. The molecular weight excluding hydrogens is 362 g/mol. The summed E-state index contributed by atoms with van der Waals surface area (Å²) < 4.78 is 11.1. The van der Waals surface area contributed by atoms with E-state index in [0.717, 1.165) is 29.2 Å². The summed E-state index contributed by atoms with van der Waals surface area (Å²) in [6.45, 7) is 4.85. The molecule has 1 aromatic heterocycles. The molecule has 136 valence electrons. The largest absolute Gasteiger partial charge is 0.486 e. The minimum atomic E-state index is -0.891. The highest BCUT2D eigenvalue weighted by Crippen LogP contribution is 2.35. The number of hydrogen-bond donors (Lipinski definition) is 2. The zero-order valence-electron chi connectivity index (χ0n) is 14.2. The molecule has 0 saturated carbocycles. The van der Waals surface area contributed by atoms with Crippen LogP contribution in [-0.4, -0.2) is 29.6 Å². The molecule has 2 aromatic rings. The summed E-state index contributed by atoms with van der Waals surface area (Å²) in [7, 11) is 0. The Morgan fingerprint density at radius 2 is 2.08 bits per heavy atom. The Bertz CT molecular complexity index is 748. The number of benzene rings is 1. The molecule has 1 atom stereocenters. The van der Waals surface area contributed by atoms with Gasteiger partial charge >= 0.3 is 0 Å². The van der Waals surface area contributed by atoms with E-state index >= 15 is 0 Å². The fourth-order valence-electron chi connectivity index (χ4n) is 2.54.